The van der Waals surface area contributed by atoms with Gasteiger partial charge in [-0.25, -0.2) is 13.8 Å². The molecule has 0 bridgehead atoms. The van der Waals surface area contributed by atoms with Gasteiger partial charge in [-0.05, 0) is 60.4 Å². The van der Waals surface area contributed by atoms with Gasteiger partial charge in [-0.1, -0.05) is 12.1 Å². The van der Waals surface area contributed by atoms with Gasteiger partial charge in [-0.15, -0.1) is 0 Å². The van der Waals surface area contributed by atoms with E-state index >= 15 is 0 Å². The van der Waals surface area contributed by atoms with Gasteiger partial charge < -0.3 is 20.4 Å². The van der Waals surface area contributed by atoms with Gasteiger partial charge in [0.15, 0.2) is 0 Å². The molecule has 4 heterocycles. The quantitative estimate of drug-likeness (QED) is 0.233. The lowest BCUT2D eigenvalue weighted by atomic mass is 9.99. The minimum absolute atomic E-state index is 0.0102. The monoisotopic (exact) mass is 625 g/mol. The number of nitrogens with one attached hydrogen (secondary N) is 1. The number of rotatable bonds is 7. The Balaban J connectivity index is 1.13. The Kier molecular flexibility index (Phi) is 7.79. The molecule has 45 heavy (non-hydrogen) atoms. The lowest BCUT2D eigenvalue weighted by Gasteiger charge is -2.31. The molecule has 1 saturated heterocycles. The molecule has 0 radical (unpaired) electrons. The van der Waals surface area contributed by atoms with Crippen molar-refractivity contribution in [3.63, 3.8) is 0 Å². The highest BCUT2D eigenvalue weighted by atomic mass is 19.4. The van der Waals surface area contributed by atoms with E-state index in [1.54, 1.807) is 12.3 Å². The minimum Gasteiger partial charge on any atom is -0.459 e. The van der Waals surface area contributed by atoms with Crippen molar-refractivity contribution in [2.45, 2.75) is 43.8 Å². The maximum Gasteiger partial charge on any atom is 0.417 e. The number of piperidine rings is 1. The average Bonchev–Trinajstić information content (AvgIpc) is 3.68. The van der Waals surface area contributed by atoms with Gasteiger partial charge in [-0.2, -0.15) is 13.2 Å². The van der Waals surface area contributed by atoms with Crippen LogP contribution in [0.1, 0.15) is 52.4 Å². The van der Waals surface area contributed by atoms with Gasteiger partial charge in [0, 0.05) is 55.4 Å². The Morgan fingerprint density at radius 2 is 1.78 bits per heavy atom. The molecule has 1 aliphatic carbocycles. The first kappa shape index (κ1) is 30.2. The van der Waals surface area contributed by atoms with Crippen LogP contribution in [0.15, 0.2) is 71.4 Å². The molecule has 2 amide bonds. The van der Waals surface area contributed by atoms with Gasteiger partial charge in [0.1, 0.15) is 17.3 Å². The van der Waals surface area contributed by atoms with E-state index in [2.05, 4.69) is 15.3 Å². The average molecular weight is 626 g/mol. The SMILES string of the molecule is Nc1ccc(C2CC2C(=O)NCc2ccc(-c3ccc(-c4ccc(C(=O)N5CCC(F)(F)CC5)cn4)cc3C(F)(F)F)o2)cn1. The number of likely N-dealkylation sites (tertiary alicyclic amines) is 1. The maximum absolute atomic E-state index is 14.2. The number of nitrogens with two attached hydrogens (primary N) is 1. The Hall–Kier alpha value is -4.81. The van der Waals surface area contributed by atoms with E-state index in [-0.39, 0.29) is 65.5 Å². The molecule has 8 nitrogen and oxygen atoms in total. The van der Waals surface area contributed by atoms with Gasteiger partial charge >= 0.3 is 6.18 Å². The van der Waals surface area contributed by atoms with Crippen molar-refractivity contribution >= 4 is 17.6 Å². The molecule has 6 rings (SSSR count). The number of aromatic nitrogens is 2. The molecular formula is C32H28F5N5O3. The number of carbonyl (C=O) groups is 2. The van der Waals surface area contributed by atoms with Gasteiger partial charge in [0.25, 0.3) is 11.8 Å². The lowest BCUT2D eigenvalue weighted by Crippen LogP contribution is -2.42. The molecule has 3 aromatic heterocycles. The summed E-state index contributed by atoms with van der Waals surface area (Å²) in [6.07, 6.45) is -2.03. The molecule has 0 spiro atoms. The van der Waals surface area contributed by atoms with E-state index in [1.807, 2.05) is 6.07 Å². The van der Waals surface area contributed by atoms with E-state index in [0.29, 0.717) is 18.0 Å². The molecule has 2 atom stereocenters. The highest BCUT2D eigenvalue weighted by molar-refractivity contribution is 5.94. The van der Waals surface area contributed by atoms with Crippen molar-refractivity contribution in [2.24, 2.45) is 5.92 Å². The van der Waals surface area contributed by atoms with Crippen molar-refractivity contribution in [1.29, 1.82) is 0 Å². The second kappa shape index (κ2) is 11.6. The molecule has 1 saturated carbocycles. The highest BCUT2D eigenvalue weighted by Gasteiger charge is 2.44. The topological polar surface area (TPSA) is 114 Å². The molecular weight excluding hydrogens is 597 g/mol. The Morgan fingerprint density at radius 3 is 2.44 bits per heavy atom. The van der Waals surface area contributed by atoms with Crippen LogP contribution in [-0.4, -0.2) is 45.7 Å². The number of nitrogen functional groups attached to an aromatic ring is 1. The fraction of sp³-hybridized carbons (Fsp3) is 0.312. The molecule has 1 aromatic carbocycles. The number of furan rings is 1. The molecule has 3 N–H and O–H groups in total. The number of alkyl halides is 5. The zero-order valence-electron chi connectivity index (χ0n) is 23.8. The summed E-state index contributed by atoms with van der Waals surface area (Å²) in [4.78, 5) is 34.9. The van der Waals surface area contributed by atoms with Crippen LogP contribution in [-0.2, 0) is 17.5 Å². The van der Waals surface area contributed by atoms with Gasteiger partial charge in [-0.3, -0.25) is 14.6 Å². The zero-order valence-corrected chi connectivity index (χ0v) is 23.8. The second-order valence-electron chi connectivity index (χ2n) is 11.3. The van der Waals surface area contributed by atoms with Crippen molar-refractivity contribution in [1.82, 2.24) is 20.2 Å². The second-order valence-corrected chi connectivity index (χ2v) is 11.3. The molecule has 2 unspecified atom stereocenters. The summed E-state index contributed by atoms with van der Waals surface area (Å²) >= 11 is 0. The van der Waals surface area contributed by atoms with Crippen molar-refractivity contribution in [2.75, 3.05) is 18.8 Å². The Labute approximate surface area is 254 Å². The molecule has 1 aliphatic heterocycles. The minimum atomic E-state index is -4.73. The van der Waals surface area contributed by atoms with Crippen molar-refractivity contribution in [3.05, 3.63) is 89.4 Å². The summed E-state index contributed by atoms with van der Waals surface area (Å²) in [5.74, 6) is -2.97. The Bertz CT molecular complexity index is 1710. The van der Waals surface area contributed by atoms with E-state index in [1.165, 1.54) is 47.5 Å². The maximum atomic E-state index is 14.2. The standard InChI is InChI=1S/C32H28F5N5O3/c33-31(34)9-11-42(12-10-31)30(44)20-2-6-26(39-16-20)18-1-5-22(25(13-18)32(35,36)37)27-7-4-21(45-27)17-41-29(43)24-14-23(24)19-3-8-28(38)40-15-19/h1-8,13,15-16,23-24H,9-12,14,17H2,(H2,38,40)(H,41,43). The van der Waals surface area contributed by atoms with E-state index in [9.17, 15) is 31.5 Å². The number of halogens is 5. The molecule has 4 aromatic rings. The van der Waals surface area contributed by atoms with E-state index in [0.717, 1.165) is 11.6 Å². The highest BCUT2D eigenvalue weighted by Crippen LogP contribution is 2.47. The number of benzene rings is 1. The van der Waals surface area contributed by atoms with Crippen LogP contribution in [0, 0.1) is 5.92 Å². The lowest BCUT2D eigenvalue weighted by molar-refractivity contribution is -0.137. The number of hydrogen-bond acceptors (Lipinski definition) is 6. The normalized spacial score (nSPS) is 19.3. The summed E-state index contributed by atoms with van der Waals surface area (Å²) in [6.45, 7) is -0.168. The van der Waals surface area contributed by atoms with Crippen LogP contribution in [0.4, 0.5) is 27.8 Å². The molecule has 13 heteroatoms. The van der Waals surface area contributed by atoms with Crippen molar-refractivity contribution < 1.29 is 36.0 Å². The summed E-state index contributed by atoms with van der Waals surface area (Å²) < 4.78 is 75.1. The number of nitrogens with zero attached hydrogens (tertiary/aromatic N) is 3. The van der Waals surface area contributed by atoms with Crippen LogP contribution in [0.25, 0.3) is 22.6 Å². The van der Waals surface area contributed by atoms with Gasteiger partial charge in [0.2, 0.25) is 5.91 Å². The third kappa shape index (κ3) is 6.66. The fourth-order valence-corrected chi connectivity index (χ4v) is 5.48. The summed E-state index contributed by atoms with van der Waals surface area (Å²) in [5.41, 5.74) is 5.92. The first-order valence-electron chi connectivity index (χ1n) is 14.3. The summed E-state index contributed by atoms with van der Waals surface area (Å²) in [6, 6.07) is 13.0. The third-order valence-electron chi connectivity index (χ3n) is 8.14. The van der Waals surface area contributed by atoms with Crippen LogP contribution >= 0.6 is 0 Å². The third-order valence-corrected chi connectivity index (χ3v) is 8.14. The van der Waals surface area contributed by atoms with E-state index < -0.39 is 36.4 Å². The molecule has 2 aliphatic rings. The largest absolute Gasteiger partial charge is 0.459 e. The summed E-state index contributed by atoms with van der Waals surface area (Å²) in [5, 5.41) is 2.78. The van der Waals surface area contributed by atoms with Crippen molar-refractivity contribution in [3.8, 4) is 22.6 Å². The van der Waals surface area contributed by atoms with Crippen LogP contribution in [0.5, 0.6) is 0 Å². The van der Waals surface area contributed by atoms with Crippen LogP contribution in [0.2, 0.25) is 0 Å². The zero-order chi connectivity index (χ0) is 31.9. The predicted molar refractivity (Wildman–Crippen MR) is 154 cm³/mol. The first-order chi connectivity index (χ1) is 21.4. The molecule has 234 valence electrons. The first-order valence-corrected chi connectivity index (χ1v) is 14.3. The summed E-state index contributed by atoms with van der Waals surface area (Å²) in [7, 11) is 0. The fourth-order valence-electron chi connectivity index (χ4n) is 5.48. The number of amides is 2. The van der Waals surface area contributed by atoms with Gasteiger partial charge in [0.05, 0.1) is 23.4 Å². The number of hydrogen-bond donors (Lipinski definition) is 2. The number of anilines is 1. The molecule has 2 fully saturated rings. The van der Waals surface area contributed by atoms with Crippen LogP contribution < -0.4 is 11.1 Å². The predicted octanol–water partition coefficient (Wildman–Crippen LogP) is 6.30. The van der Waals surface area contributed by atoms with Crippen LogP contribution in [0.3, 0.4) is 0 Å². The smallest absolute Gasteiger partial charge is 0.417 e. The number of pyridine rings is 2. The Morgan fingerprint density at radius 1 is 1.00 bits per heavy atom. The number of carbonyl (C=O) groups excluding carboxylic acids is 2. The van der Waals surface area contributed by atoms with E-state index in [4.69, 9.17) is 10.2 Å².